The van der Waals surface area contributed by atoms with Gasteiger partial charge in [0.05, 0.1) is 26.1 Å². The first-order valence-electron chi connectivity index (χ1n) is 9.36. The Morgan fingerprint density at radius 2 is 1.86 bits per heavy atom. The number of aromatic nitrogens is 4. The number of hydrogen-bond acceptors (Lipinski definition) is 7. The van der Waals surface area contributed by atoms with Crippen molar-refractivity contribution in [1.82, 2.24) is 19.5 Å². The molecule has 0 aliphatic carbocycles. The number of amides is 1. The van der Waals surface area contributed by atoms with Crippen molar-refractivity contribution in [3.8, 4) is 0 Å². The molecular weight excluding hydrogens is 393 g/mol. The molecule has 0 fully saturated rings. The van der Waals surface area contributed by atoms with Crippen molar-refractivity contribution in [3.05, 3.63) is 48.5 Å². The third-order valence-electron chi connectivity index (χ3n) is 3.89. The lowest BCUT2D eigenvalue weighted by Crippen LogP contribution is -2.13. The SMILES string of the molecule is CCOP(COCCn1cnc2c(NC(=O)c3ccccc3)ncnc21)OCC. The second-order valence-corrected chi connectivity index (χ2v) is 7.30. The number of imidazole rings is 1. The monoisotopic (exact) mass is 417 g/mol. The Balaban J connectivity index is 1.61. The largest absolute Gasteiger partial charge is 0.370 e. The van der Waals surface area contributed by atoms with Gasteiger partial charge in [-0.1, -0.05) is 18.2 Å². The average Bonchev–Trinajstić information content (AvgIpc) is 3.16. The van der Waals surface area contributed by atoms with E-state index in [0.717, 1.165) is 0 Å². The summed E-state index contributed by atoms with van der Waals surface area (Å²) in [4.78, 5) is 25.2. The van der Waals surface area contributed by atoms with Crippen LogP contribution in [0.5, 0.6) is 0 Å². The molecule has 3 rings (SSSR count). The van der Waals surface area contributed by atoms with Crippen LogP contribution in [0.15, 0.2) is 43.0 Å². The van der Waals surface area contributed by atoms with E-state index < -0.39 is 8.38 Å². The summed E-state index contributed by atoms with van der Waals surface area (Å²) in [6.07, 6.45) is 3.48. The van der Waals surface area contributed by atoms with Gasteiger partial charge >= 0.3 is 0 Å². The van der Waals surface area contributed by atoms with Gasteiger partial charge in [-0.05, 0) is 26.0 Å². The molecular formula is C19H24N5O4P. The van der Waals surface area contributed by atoms with E-state index in [2.05, 4.69) is 20.3 Å². The van der Waals surface area contributed by atoms with Gasteiger partial charge in [0.25, 0.3) is 5.91 Å². The predicted molar refractivity (Wildman–Crippen MR) is 111 cm³/mol. The highest BCUT2D eigenvalue weighted by Crippen LogP contribution is 2.37. The molecule has 29 heavy (non-hydrogen) atoms. The van der Waals surface area contributed by atoms with Crippen molar-refractivity contribution in [2.24, 2.45) is 0 Å². The van der Waals surface area contributed by atoms with E-state index in [1.165, 1.54) is 6.33 Å². The third kappa shape index (κ3) is 5.77. The van der Waals surface area contributed by atoms with Crippen LogP contribution in [-0.4, -0.2) is 51.6 Å². The fraction of sp³-hybridized carbons (Fsp3) is 0.368. The van der Waals surface area contributed by atoms with Crippen LogP contribution >= 0.6 is 8.38 Å². The van der Waals surface area contributed by atoms with Gasteiger partial charge in [0.2, 0.25) is 0 Å². The molecule has 0 saturated heterocycles. The normalized spacial score (nSPS) is 11.3. The fourth-order valence-corrected chi connectivity index (χ4v) is 3.68. The summed E-state index contributed by atoms with van der Waals surface area (Å²) < 4.78 is 18.6. The first kappa shape index (κ1) is 21.3. The van der Waals surface area contributed by atoms with Gasteiger partial charge in [-0.3, -0.25) is 4.79 Å². The number of hydrogen-bond donors (Lipinski definition) is 1. The molecule has 3 aromatic rings. The molecule has 0 spiro atoms. The number of fused-ring (bicyclic) bond motifs is 1. The molecule has 2 aromatic heterocycles. The van der Waals surface area contributed by atoms with Gasteiger partial charge in [-0.25, -0.2) is 15.0 Å². The molecule has 0 aliphatic heterocycles. The lowest BCUT2D eigenvalue weighted by molar-refractivity contribution is 0.102. The highest BCUT2D eigenvalue weighted by Gasteiger charge is 2.14. The number of anilines is 1. The van der Waals surface area contributed by atoms with Crippen LogP contribution in [0.3, 0.4) is 0 Å². The second kappa shape index (κ2) is 10.9. The minimum Gasteiger partial charge on any atom is -0.370 e. The van der Waals surface area contributed by atoms with Gasteiger partial charge in [-0.2, -0.15) is 0 Å². The predicted octanol–water partition coefficient (Wildman–Crippen LogP) is 3.44. The first-order valence-corrected chi connectivity index (χ1v) is 10.7. The van der Waals surface area contributed by atoms with E-state index >= 15 is 0 Å². The summed E-state index contributed by atoms with van der Waals surface area (Å²) >= 11 is 0. The summed E-state index contributed by atoms with van der Waals surface area (Å²) in [6.45, 7) is 6.06. The topological polar surface area (TPSA) is 100 Å². The summed E-state index contributed by atoms with van der Waals surface area (Å²) in [7, 11) is -1.02. The van der Waals surface area contributed by atoms with Gasteiger partial charge < -0.3 is 23.7 Å². The number of nitrogens with one attached hydrogen (secondary N) is 1. The molecule has 10 heteroatoms. The number of benzene rings is 1. The van der Waals surface area contributed by atoms with Crippen LogP contribution in [0.4, 0.5) is 5.82 Å². The van der Waals surface area contributed by atoms with E-state index in [1.54, 1.807) is 18.5 Å². The van der Waals surface area contributed by atoms with Crippen LogP contribution in [0.25, 0.3) is 11.2 Å². The second-order valence-electron chi connectivity index (χ2n) is 5.86. The van der Waals surface area contributed by atoms with E-state index in [0.29, 0.717) is 55.3 Å². The van der Waals surface area contributed by atoms with Crippen LogP contribution < -0.4 is 5.32 Å². The molecule has 0 unspecified atom stereocenters. The summed E-state index contributed by atoms with van der Waals surface area (Å²) in [6, 6.07) is 8.95. The van der Waals surface area contributed by atoms with Gasteiger partial charge in [-0.15, -0.1) is 0 Å². The Labute approximate surface area is 170 Å². The van der Waals surface area contributed by atoms with Crippen LogP contribution in [0.1, 0.15) is 24.2 Å². The minimum atomic E-state index is -1.02. The number of rotatable bonds is 11. The molecule has 0 atom stereocenters. The zero-order chi connectivity index (χ0) is 20.5. The molecule has 2 heterocycles. The van der Waals surface area contributed by atoms with E-state index in [4.69, 9.17) is 13.8 Å². The number of ether oxygens (including phenoxy) is 1. The Kier molecular flexibility index (Phi) is 8.01. The summed E-state index contributed by atoms with van der Waals surface area (Å²) in [5.41, 5.74) is 1.71. The average molecular weight is 417 g/mol. The maximum absolute atomic E-state index is 12.4. The van der Waals surface area contributed by atoms with Crippen molar-refractivity contribution >= 4 is 31.3 Å². The molecule has 154 valence electrons. The zero-order valence-electron chi connectivity index (χ0n) is 16.4. The van der Waals surface area contributed by atoms with Crippen LogP contribution in [0, 0.1) is 0 Å². The quantitative estimate of drug-likeness (QED) is 0.377. The number of carbonyl (C=O) groups is 1. The highest BCUT2D eigenvalue weighted by molar-refractivity contribution is 7.47. The first-order chi connectivity index (χ1) is 14.2. The van der Waals surface area contributed by atoms with Crippen molar-refractivity contribution in [1.29, 1.82) is 0 Å². The molecule has 0 radical (unpaired) electrons. The Hall–Kier alpha value is -2.45. The van der Waals surface area contributed by atoms with Crippen molar-refractivity contribution in [3.63, 3.8) is 0 Å². The summed E-state index contributed by atoms with van der Waals surface area (Å²) in [5, 5.41) is 2.80. The van der Waals surface area contributed by atoms with Gasteiger partial charge in [0, 0.05) is 12.1 Å². The van der Waals surface area contributed by atoms with Crippen molar-refractivity contribution < 1.29 is 18.6 Å². The van der Waals surface area contributed by atoms with Crippen LogP contribution in [0.2, 0.25) is 0 Å². The minimum absolute atomic E-state index is 0.247. The number of carbonyl (C=O) groups excluding carboxylic acids is 1. The molecule has 1 aromatic carbocycles. The third-order valence-corrected chi connectivity index (χ3v) is 5.37. The zero-order valence-corrected chi connectivity index (χ0v) is 17.3. The molecule has 1 amide bonds. The molecule has 0 saturated carbocycles. The maximum atomic E-state index is 12.4. The van der Waals surface area contributed by atoms with Crippen molar-refractivity contribution in [2.75, 3.05) is 31.5 Å². The summed E-state index contributed by atoms with van der Waals surface area (Å²) in [5.74, 6) is 0.128. The fourth-order valence-electron chi connectivity index (χ4n) is 2.61. The van der Waals surface area contributed by atoms with E-state index in [1.807, 2.05) is 36.6 Å². The van der Waals surface area contributed by atoms with Crippen LogP contribution in [-0.2, 0) is 20.3 Å². The van der Waals surface area contributed by atoms with E-state index in [9.17, 15) is 4.79 Å². The lowest BCUT2D eigenvalue weighted by atomic mass is 10.2. The lowest BCUT2D eigenvalue weighted by Gasteiger charge is -2.15. The Morgan fingerprint density at radius 1 is 1.10 bits per heavy atom. The molecule has 0 bridgehead atoms. The van der Waals surface area contributed by atoms with E-state index in [-0.39, 0.29) is 5.91 Å². The molecule has 0 aliphatic rings. The van der Waals surface area contributed by atoms with Crippen molar-refractivity contribution in [2.45, 2.75) is 20.4 Å². The smallest absolute Gasteiger partial charge is 0.256 e. The number of nitrogens with zero attached hydrogens (tertiary/aromatic N) is 4. The van der Waals surface area contributed by atoms with Gasteiger partial charge in [0.15, 0.2) is 25.4 Å². The highest BCUT2D eigenvalue weighted by atomic mass is 31.2. The molecule has 1 N–H and O–H groups in total. The maximum Gasteiger partial charge on any atom is 0.256 e. The Morgan fingerprint density at radius 3 is 2.59 bits per heavy atom. The van der Waals surface area contributed by atoms with Gasteiger partial charge in [0.1, 0.15) is 12.7 Å². The molecule has 9 nitrogen and oxygen atoms in total. The Bertz CT molecular complexity index is 915. The standard InChI is InChI=1S/C19H24N5O4P/c1-3-27-29(28-4-2)14-26-11-10-24-13-22-16-17(20-12-21-18(16)24)23-19(25)15-8-6-5-7-9-15/h5-9,12-13H,3-4,10-11,14H2,1-2H3,(H,20,21,23,25).